The van der Waals surface area contributed by atoms with E-state index < -0.39 is 10.0 Å². The van der Waals surface area contributed by atoms with Gasteiger partial charge >= 0.3 is 0 Å². The number of hydrogen-bond donors (Lipinski definition) is 2. The maximum absolute atomic E-state index is 12.3. The average molecular weight is 291 g/mol. The van der Waals surface area contributed by atoms with Crippen LogP contribution < -0.4 is 5.73 Å². The molecule has 1 aliphatic rings. The highest BCUT2D eigenvalue weighted by molar-refractivity contribution is 7.91. The summed E-state index contributed by atoms with van der Waals surface area (Å²) in [6, 6.07) is 0. The molecule has 1 saturated heterocycles. The molecule has 1 aromatic rings. The van der Waals surface area contributed by atoms with Crippen LogP contribution in [0, 0.1) is 0 Å². The second kappa shape index (κ2) is 5.04. The minimum atomic E-state index is -3.61. The Balaban J connectivity index is 2.20. The maximum atomic E-state index is 12.3. The Hall–Kier alpha value is -0.830. The van der Waals surface area contributed by atoms with Crippen molar-refractivity contribution in [2.75, 3.05) is 38.5 Å². The molecule has 2 heterocycles. The van der Waals surface area contributed by atoms with Gasteiger partial charge in [-0.1, -0.05) is 6.92 Å². The van der Waals surface area contributed by atoms with Crippen molar-refractivity contribution in [2.24, 2.45) is 0 Å². The van der Waals surface area contributed by atoms with Gasteiger partial charge in [-0.05, 0) is 6.54 Å². The first-order chi connectivity index (χ1) is 8.46. The fraction of sp³-hybridized carbons (Fsp3) is 0.600. The highest BCUT2D eigenvalue weighted by atomic mass is 32.2. The van der Waals surface area contributed by atoms with Crippen LogP contribution in [-0.4, -0.2) is 55.5 Å². The van der Waals surface area contributed by atoms with Gasteiger partial charge in [-0.3, -0.25) is 0 Å². The zero-order valence-corrected chi connectivity index (χ0v) is 11.8. The molecule has 1 fully saturated rings. The van der Waals surface area contributed by atoms with Crippen LogP contribution in [0.2, 0.25) is 0 Å². The summed E-state index contributed by atoms with van der Waals surface area (Å²) in [5.41, 5.74) is 5.60. The Kier molecular flexibility index (Phi) is 3.81. The standard InChI is InChI=1S/C10H17N3O3S2/c1-2-12-3-5-13(6-4-12)18(15,16)10-9(14)8(11)7-17-10/h7,14H,2-6,11H2,1H3. The minimum Gasteiger partial charge on any atom is -0.504 e. The first-order valence-corrected chi connectivity index (χ1v) is 8.07. The highest BCUT2D eigenvalue weighted by Gasteiger charge is 2.32. The predicted molar refractivity (Wildman–Crippen MR) is 71.3 cm³/mol. The molecule has 1 aliphatic heterocycles. The van der Waals surface area contributed by atoms with Crippen molar-refractivity contribution in [2.45, 2.75) is 11.1 Å². The van der Waals surface area contributed by atoms with Gasteiger partial charge in [0.15, 0.2) is 9.96 Å². The molecule has 8 heteroatoms. The predicted octanol–water partition coefficient (Wildman–Crippen LogP) is 0.362. The van der Waals surface area contributed by atoms with Gasteiger partial charge in [-0.2, -0.15) is 4.31 Å². The first-order valence-electron chi connectivity index (χ1n) is 5.75. The molecule has 0 radical (unpaired) electrons. The Morgan fingerprint density at radius 1 is 1.39 bits per heavy atom. The number of rotatable bonds is 3. The number of likely N-dealkylation sites (N-methyl/N-ethyl adjacent to an activating group) is 1. The summed E-state index contributed by atoms with van der Waals surface area (Å²) in [6.07, 6.45) is 0. The number of piperazine rings is 1. The van der Waals surface area contributed by atoms with E-state index in [9.17, 15) is 13.5 Å². The van der Waals surface area contributed by atoms with Gasteiger partial charge in [-0.15, -0.1) is 11.3 Å². The summed E-state index contributed by atoms with van der Waals surface area (Å²) in [5.74, 6) is -0.321. The summed E-state index contributed by atoms with van der Waals surface area (Å²) >= 11 is 0.965. The lowest BCUT2D eigenvalue weighted by Gasteiger charge is -2.32. The van der Waals surface area contributed by atoms with Crippen molar-refractivity contribution < 1.29 is 13.5 Å². The Bertz CT molecular complexity index is 518. The third kappa shape index (κ3) is 2.33. The summed E-state index contributed by atoms with van der Waals surface area (Å²) in [6.45, 7) is 5.32. The van der Waals surface area contributed by atoms with E-state index in [0.717, 1.165) is 31.0 Å². The molecule has 0 saturated carbocycles. The number of thiophene rings is 1. The largest absolute Gasteiger partial charge is 0.504 e. The topological polar surface area (TPSA) is 86.9 Å². The number of nitrogens with two attached hydrogens (primary N) is 1. The van der Waals surface area contributed by atoms with Gasteiger partial charge in [-0.25, -0.2) is 8.42 Å². The highest BCUT2D eigenvalue weighted by Crippen LogP contribution is 2.37. The van der Waals surface area contributed by atoms with Crippen LogP contribution in [0.3, 0.4) is 0 Å². The number of anilines is 1. The smallest absolute Gasteiger partial charge is 0.256 e. The van der Waals surface area contributed by atoms with Crippen LogP contribution in [0.25, 0.3) is 0 Å². The molecule has 0 unspecified atom stereocenters. The SMILES string of the molecule is CCN1CCN(S(=O)(=O)c2scc(N)c2O)CC1. The molecule has 6 nitrogen and oxygen atoms in total. The summed E-state index contributed by atoms with van der Waals surface area (Å²) in [7, 11) is -3.61. The van der Waals surface area contributed by atoms with E-state index in [1.165, 1.54) is 9.69 Å². The van der Waals surface area contributed by atoms with Crippen LogP contribution in [0.1, 0.15) is 6.92 Å². The molecule has 1 aromatic heterocycles. The Morgan fingerprint density at radius 2 is 2.00 bits per heavy atom. The number of nitrogen functional groups attached to an aromatic ring is 1. The molecule has 0 aromatic carbocycles. The average Bonchev–Trinajstić information content (AvgIpc) is 2.70. The van der Waals surface area contributed by atoms with Crippen molar-refractivity contribution in [3.05, 3.63) is 5.38 Å². The molecule has 18 heavy (non-hydrogen) atoms. The van der Waals surface area contributed by atoms with Gasteiger partial charge in [0.2, 0.25) is 0 Å². The van der Waals surface area contributed by atoms with Crippen LogP contribution in [-0.2, 0) is 10.0 Å². The van der Waals surface area contributed by atoms with Crippen molar-refractivity contribution in [1.29, 1.82) is 0 Å². The summed E-state index contributed by atoms with van der Waals surface area (Å²) in [5, 5.41) is 11.1. The second-order valence-electron chi connectivity index (χ2n) is 4.17. The van der Waals surface area contributed by atoms with E-state index >= 15 is 0 Å². The van der Waals surface area contributed by atoms with Gasteiger partial charge in [0, 0.05) is 31.6 Å². The minimum absolute atomic E-state index is 0.0510. The summed E-state index contributed by atoms with van der Waals surface area (Å²) < 4.78 is 26.0. The number of aromatic hydroxyl groups is 1. The molecule has 102 valence electrons. The Morgan fingerprint density at radius 3 is 2.44 bits per heavy atom. The number of hydrogen-bond acceptors (Lipinski definition) is 6. The molecule has 3 N–H and O–H groups in total. The molecule has 0 spiro atoms. The van der Waals surface area contributed by atoms with E-state index in [0.29, 0.717) is 13.1 Å². The molecule has 0 atom stereocenters. The van der Waals surface area contributed by atoms with Crippen LogP contribution in [0.15, 0.2) is 9.59 Å². The maximum Gasteiger partial charge on any atom is 0.256 e. The van der Waals surface area contributed by atoms with E-state index in [4.69, 9.17) is 5.73 Å². The lowest BCUT2D eigenvalue weighted by molar-refractivity contribution is 0.196. The number of sulfonamides is 1. The van der Waals surface area contributed by atoms with Crippen molar-refractivity contribution in [3.63, 3.8) is 0 Å². The second-order valence-corrected chi connectivity index (χ2v) is 7.18. The zero-order chi connectivity index (χ0) is 13.3. The van der Waals surface area contributed by atoms with E-state index in [-0.39, 0.29) is 15.6 Å². The third-order valence-corrected chi connectivity index (χ3v) is 6.52. The van der Waals surface area contributed by atoms with Crippen LogP contribution >= 0.6 is 11.3 Å². The lowest BCUT2D eigenvalue weighted by atomic mass is 10.4. The van der Waals surface area contributed by atoms with Crippen molar-refractivity contribution >= 4 is 27.0 Å². The zero-order valence-electron chi connectivity index (χ0n) is 10.2. The van der Waals surface area contributed by atoms with E-state index in [1.54, 1.807) is 0 Å². The lowest BCUT2D eigenvalue weighted by Crippen LogP contribution is -2.48. The van der Waals surface area contributed by atoms with Crippen LogP contribution in [0.5, 0.6) is 5.75 Å². The van der Waals surface area contributed by atoms with Gasteiger partial charge < -0.3 is 15.7 Å². The first kappa shape index (κ1) is 13.6. The van der Waals surface area contributed by atoms with E-state index in [1.807, 2.05) is 0 Å². The number of nitrogens with zero attached hydrogens (tertiary/aromatic N) is 2. The van der Waals surface area contributed by atoms with Crippen molar-refractivity contribution in [3.8, 4) is 5.75 Å². The summed E-state index contributed by atoms with van der Waals surface area (Å²) in [4.78, 5) is 2.19. The normalized spacial score (nSPS) is 19.2. The third-order valence-electron chi connectivity index (χ3n) is 3.11. The fourth-order valence-corrected chi connectivity index (χ4v) is 4.70. The molecular formula is C10H17N3O3S2. The molecule has 0 bridgehead atoms. The molecule has 2 rings (SSSR count). The quantitative estimate of drug-likeness (QED) is 0.840. The monoisotopic (exact) mass is 291 g/mol. The van der Waals surface area contributed by atoms with Crippen LogP contribution in [0.4, 0.5) is 5.69 Å². The molecule has 0 aliphatic carbocycles. The Labute approximate surface area is 111 Å². The van der Waals surface area contributed by atoms with E-state index in [2.05, 4.69) is 11.8 Å². The van der Waals surface area contributed by atoms with Crippen molar-refractivity contribution in [1.82, 2.24) is 9.21 Å². The van der Waals surface area contributed by atoms with Gasteiger partial charge in [0.05, 0.1) is 5.69 Å². The molecule has 0 amide bonds. The molecular weight excluding hydrogens is 274 g/mol. The van der Waals surface area contributed by atoms with Gasteiger partial charge in [0.1, 0.15) is 0 Å². The van der Waals surface area contributed by atoms with Gasteiger partial charge in [0.25, 0.3) is 10.0 Å². The fourth-order valence-electron chi connectivity index (χ4n) is 1.93.